The lowest BCUT2D eigenvalue weighted by Crippen LogP contribution is -2.25. The summed E-state index contributed by atoms with van der Waals surface area (Å²) in [6, 6.07) is 3.59. The maximum Gasteiger partial charge on any atom is 0.277 e. The van der Waals surface area contributed by atoms with Crippen LogP contribution in [0.15, 0.2) is 21.8 Å². The first-order valence-corrected chi connectivity index (χ1v) is 8.30. The Labute approximate surface area is 142 Å². The van der Waals surface area contributed by atoms with Crippen LogP contribution in [0.2, 0.25) is 0 Å². The van der Waals surface area contributed by atoms with Gasteiger partial charge in [-0.2, -0.15) is 0 Å². The van der Waals surface area contributed by atoms with Crippen molar-refractivity contribution < 1.29 is 23.4 Å². The molecule has 2 heterocycles. The van der Waals surface area contributed by atoms with Gasteiger partial charge in [-0.05, 0) is 6.07 Å². The SMILES string of the molecule is COc1cc2c(cc1CNC(=O)CSc1nnc(C)o1)OCCO2. The number of hydrogen-bond acceptors (Lipinski definition) is 8. The summed E-state index contributed by atoms with van der Waals surface area (Å²) in [6.45, 7) is 3.04. The molecule has 1 aliphatic rings. The fourth-order valence-corrected chi connectivity index (χ4v) is 2.78. The standard InChI is InChI=1S/C15H17N3O5S/c1-9-17-18-15(23-9)24-8-14(19)16-7-10-5-12-13(6-11(10)20-2)22-4-3-21-12/h5-6H,3-4,7-8H2,1-2H3,(H,16,19). The van der Waals surface area contributed by atoms with Gasteiger partial charge in [0.15, 0.2) is 11.5 Å². The smallest absolute Gasteiger partial charge is 0.277 e. The van der Waals surface area contributed by atoms with Gasteiger partial charge in [-0.1, -0.05) is 11.8 Å². The highest BCUT2D eigenvalue weighted by atomic mass is 32.2. The number of aromatic nitrogens is 2. The molecule has 0 spiro atoms. The van der Waals surface area contributed by atoms with Gasteiger partial charge in [0.05, 0.1) is 12.9 Å². The molecule has 1 amide bonds. The number of carbonyl (C=O) groups excluding carboxylic acids is 1. The molecule has 0 atom stereocenters. The first kappa shape index (κ1) is 16.4. The quantitative estimate of drug-likeness (QED) is 0.784. The molecule has 8 nitrogen and oxygen atoms in total. The van der Waals surface area contributed by atoms with E-state index in [2.05, 4.69) is 15.5 Å². The molecule has 0 fully saturated rings. The maximum absolute atomic E-state index is 12.0. The zero-order valence-electron chi connectivity index (χ0n) is 13.3. The van der Waals surface area contributed by atoms with E-state index in [0.29, 0.717) is 48.1 Å². The number of methoxy groups -OCH3 is 1. The van der Waals surface area contributed by atoms with Crippen LogP contribution >= 0.6 is 11.8 Å². The Kier molecular flexibility index (Phi) is 5.09. The van der Waals surface area contributed by atoms with Gasteiger partial charge in [0.1, 0.15) is 19.0 Å². The first-order chi connectivity index (χ1) is 11.7. The summed E-state index contributed by atoms with van der Waals surface area (Å²) in [5, 5.41) is 10.7. The fraction of sp³-hybridized carbons (Fsp3) is 0.400. The van der Waals surface area contributed by atoms with E-state index in [1.54, 1.807) is 20.1 Å². The van der Waals surface area contributed by atoms with Crippen molar-refractivity contribution in [1.82, 2.24) is 15.5 Å². The third-order valence-corrected chi connectivity index (χ3v) is 4.07. The minimum Gasteiger partial charge on any atom is -0.496 e. The van der Waals surface area contributed by atoms with E-state index in [9.17, 15) is 4.79 Å². The summed E-state index contributed by atoms with van der Waals surface area (Å²) in [6.07, 6.45) is 0. The molecule has 1 aromatic carbocycles. The fourth-order valence-electron chi connectivity index (χ4n) is 2.15. The maximum atomic E-state index is 12.0. The Hall–Kier alpha value is -2.42. The van der Waals surface area contributed by atoms with Gasteiger partial charge in [0.2, 0.25) is 11.8 Å². The van der Waals surface area contributed by atoms with Crippen LogP contribution in [0.4, 0.5) is 0 Å². The number of amides is 1. The molecule has 0 bridgehead atoms. The number of benzene rings is 1. The largest absolute Gasteiger partial charge is 0.496 e. The van der Waals surface area contributed by atoms with Crippen LogP contribution in [0.25, 0.3) is 0 Å². The second-order valence-electron chi connectivity index (χ2n) is 4.96. The Balaban J connectivity index is 1.58. The second-order valence-corrected chi connectivity index (χ2v) is 5.89. The van der Waals surface area contributed by atoms with E-state index in [4.69, 9.17) is 18.6 Å². The zero-order chi connectivity index (χ0) is 16.9. The van der Waals surface area contributed by atoms with E-state index in [1.165, 1.54) is 11.8 Å². The third kappa shape index (κ3) is 3.91. The Bertz CT molecular complexity index is 734. The predicted octanol–water partition coefficient (Wildman–Crippen LogP) is 1.57. The number of hydrogen-bond donors (Lipinski definition) is 1. The Morgan fingerprint density at radius 1 is 1.29 bits per heavy atom. The minimum atomic E-state index is -0.146. The number of fused-ring (bicyclic) bond motifs is 1. The van der Waals surface area contributed by atoms with Gasteiger partial charge >= 0.3 is 0 Å². The van der Waals surface area contributed by atoms with Crippen molar-refractivity contribution in [1.29, 1.82) is 0 Å². The van der Waals surface area contributed by atoms with Crippen LogP contribution in [0.3, 0.4) is 0 Å². The summed E-state index contributed by atoms with van der Waals surface area (Å²) in [7, 11) is 1.57. The lowest BCUT2D eigenvalue weighted by atomic mass is 10.1. The van der Waals surface area contributed by atoms with Crippen molar-refractivity contribution in [3.8, 4) is 17.2 Å². The molecule has 1 aromatic heterocycles. The molecule has 0 radical (unpaired) electrons. The second kappa shape index (κ2) is 7.43. The van der Waals surface area contributed by atoms with Crippen molar-refractivity contribution in [3.05, 3.63) is 23.6 Å². The van der Waals surface area contributed by atoms with Crippen molar-refractivity contribution in [2.45, 2.75) is 18.7 Å². The number of aryl methyl sites for hydroxylation is 1. The van der Waals surface area contributed by atoms with Gasteiger partial charge in [0.25, 0.3) is 5.22 Å². The lowest BCUT2D eigenvalue weighted by molar-refractivity contribution is -0.118. The van der Waals surface area contributed by atoms with Gasteiger partial charge in [-0.3, -0.25) is 4.79 Å². The van der Waals surface area contributed by atoms with E-state index >= 15 is 0 Å². The van der Waals surface area contributed by atoms with E-state index in [0.717, 1.165) is 5.56 Å². The number of thioether (sulfide) groups is 1. The molecular formula is C15H17N3O5S. The van der Waals surface area contributed by atoms with Crippen molar-refractivity contribution in [3.63, 3.8) is 0 Å². The summed E-state index contributed by atoms with van der Waals surface area (Å²) in [4.78, 5) is 12.0. The van der Waals surface area contributed by atoms with Gasteiger partial charge in [-0.25, -0.2) is 0 Å². The topological polar surface area (TPSA) is 95.7 Å². The van der Waals surface area contributed by atoms with Crippen LogP contribution in [0, 0.1) is 6.92 Å². The molecule has 9 heteroatoms. The highest BCUT2D eigenvalue weighted by molar-refractivity contribution is 7.99. The van der Waals surface area contributed by atoms with Gasteiger partial charge in [0, 0.05) is 25.1 Å². The van der Waals surface area contributed by atoms with E-state index in [1.807, 2.05) is 6.07 Å². The van der Waals surface area contributed by atoms with Gasteiger partial charge < -0.3 is 23.9 Å². The van der Waals surface area contributed by atoms with Crippen LogP contribution in [0.5, 0.6) is 17.2 Å². The highest BCUT2D eigenvalue weighted by Gasteiger charge is 2.17. The third-order valence-electron chi connectivity index (χ3n) is 3.26. The summed E-state index contributed by atoms with van der Waals surface area (Å²) in [5.41, 5.74) is 0.814. The van der Waals surface area contributed by atoms with E-state index < -0.39 is 0 Å². The number of nitrogens with one attached hydrogen (secondary N) is 1. The molecule has 0 aliphatic carbocycles. The van der Waals surface area contributed by atoms with Crippen LogP contribution < -0.4 is 19.5 Å². The molecule has 0 saturated carbocycles. The minimum absolute atomic E-state index is 0.146. The van der Waals surface area contributed by atoms with Crippen molar-refractivity contribution in [2.24, 2.45) is 0 Å². The molecule has 24 heavy (non-hydrogen) atoms. The average molecular weight is 351 g/mol. The Morgan fingerprint density at radius 2 is 2.04 bits per heavy atom. The highest BCUT2D eigenvalue weighted by Crippen LogP contribution is 2.36. The lowest BCUT2D eigenvalue weighted by Gasteiger charge is -2.20. The van der Waals surface area contributed by atoms with Crippen LogP contribution in [-0.2, 0) is 11.3 Å². The van der Waals surface area contributed by atoms with Crippen molar-refractivity contribution >= 4 is 17.7 Å². The first-order valence-electron chi connectivity index (χ1n) is 7.32. The molecule has 0 saturated heterocycles. The summed E-state index contributed by atoms with van der Waals surface area (Å²) >= 11 is 1.19. The zero-order valence-corrected chi connectivity index (χ0v) is 14.1. The van der Waals surface area contributed by atoms with Crippen LogP contribution in [0.1, 0.15) is 11.5 Å². The van der Waals surface area contributed by atoms with Crippen LogP contribution in [-0.4, -0.2) is 42.2 Å². The predicted molar refractivity (Wildman–Crippen MR) is 85.6 cm³/mol. The molecule has 1 N–H and O–H groups in total. The summed E-state index contributed by atoms with van der Waals surface area (Å²) < 4.78 is 21.6. The average Bonchev–Trinajstić information content (AvgIpc) is 3.02. The monoisotopic (exact) mass is 351 g/mol. The molecule has 128 valence electrons. The number of rotatable bonds is 6. The number of ether oxygens (including phenoxy) is 3. The molecule has 0 unspecified atom stereocenters. The number of carbonyl (C=O) groups is 1. The Morgan fingerprint density at radius 3 is 2.71 bits per heavy atom. The van der Waals surface area contributed by atoms with Gasteiger partial charge in [-0.15, -0.1) is 10.2 Å². The molecule has 1 aliphatic heterocycles. The molecular weight excluding hydrogens is 334 g/mol. The van der Waals surface area contributed by atoms with E-state index in [-0.39, 0.29) is 11.7 Å². The molecule has 3 rings (SSSR count). The normalized spacial score (nSPS) is 12.8. The summed E-state index contributed by atoms with van der Waals surface area (Å²) in [5.74, 6) is 2.46. The molecule has 2 aromatic rings. The van der Waals surface area contributed by atoms with Crippen molar-refractivity contribution in [2.75, 3.05) is 26.1 Å². The number of nitrogens with zero attached hydrogens (tertiary/aromatic N) is 2.